The molecule has 0 amide bonds. The molecule has 1 saturated carbocycles. The van der Waals surface area contributed by atoms with Gasteiger partial charge in [-0.25, -0.2) is 0 Å². The van der Waals surface area contributed by atoms with Crippen LogP contribution in [-0.4, -0.2) is 61.8 Å². The summed E-state index contributed by atoms with van der Waals surface area (Å²) in [7, 11) is 0. The van der Waals surface area contributed by atoms with Crippen LogP contribution in [0.4, 0.5) is 0 Å². The lowest BCUT2D eigenvalue weighted by molar-refractivity contribution is -0.106. The summed E-state index contributed by atoms with van der Waals surface area (Å²) in [5, 5.41) is 7.18. The highest BCUT2D eigenvalue weighted by molar-refractivity contribution is 14.0. The maximum Gasteiger partial charge on any atom is 0.191 e. The lowest BCUT2D eigenvalue weighted by Crippen LogP contribution is -2.68. The Bertz CT molecular complexity index is 457. The van der Waals surface area contributed by atoms with E-state index in [2.05, 4.69) is 43.2 Å². The van der Waals surface area contributed by atoms with Gasteiger partial charge < -0.3 is 15.4 Å². The molecule has 5 nitrogen and oxygen atoms in total. The summed E-state index contributed by atoms with van der Waals surface area (Å²) in [6.07, 6.45) is 5.57. The standard InChI is InChI=1S/C19H36N4O.HI/c1-5-20-18(21-13-14-9-7-8-11-23(14)6-2)22-16-15-10-12-24-17(15)19(16,3)4;/h14-17H,5-13H2,1-4H3,(H2,20,21,22);1H. The van der Waals surface area contributed by atoms with Crippen LogP contribution >= 0.6 is 24.0 Å². The molecule has 0 radical (unpaired) electrons. The highest BCUT2D eigenvalue weighted by atomic mass is 127. The molecule has 1 aliphatic carbocycles. The van der Waals surface area contributed by atoms with Crippen molar-refractivity contribution in [2.24, 2.45) is 16.3 Å². The molecule has 2 aliphatic heterocycles. The molecule has 6 heteroatoms. The first-order valence-electron chi connectivity index (χ1n) is 9.98. The van der Waals surface area contributed by atoms with Crippen LogP contribution in [0.5, 0.6) is 0 Å². The summed E-state index contributed by atoms with van der Waals surface area (Å²) in [4.78, 5) is 7.54. The van der Waals surface area contributed by atoms with Crippen molar-refractivity contribution in [2.75, 3.05) is 32.8 Å². The second-order valence-electron chi connectivity index (χ2n) is 8.19. The minimum absolute atomic E-state index is 0. The number of piperidine rings is 1. The molecule has 146 valence electrons. The molecule has 3 rings (SSSR count). The van der Waals surface area contributed by atoms with Gasteiger partial charge in [-0.1, -0.05) is 27.2 Å². The van der Waals surface area contributed by atoms with Crippen LogP contribution in [0.3, 0.4) is 0 Å². The van der Waals surface area contributed by atoms with Gasteiger partial charge in [-0.3, -0.25) is 9.89 Å². The number of hydrogen-bond donors (Lipinski definition) is 2. The van der Waals surface area contributed by atoms with E-state index in [1.165, 1.54) is 32.2 Å². The van der Waals surface area contributed by atoms with E-state index in [9.17, 15) is 0 Å². The normalized spacial score (nSPS) is 34.6. The van der Waals surface area contributed by atoms with Crippen LogP contribution in [0.2, 0.25) is 0 Å². The Labute approximate surface area is 170 Å². The van der Waals surface area contributed by atoms with Crippen LogP contribution in [0, 0.1) is 11.3 Å². The van der Waals surface area contributed by atoms with Crippen LogP contribution in [0.1, 0.15) is 53.4 Å². The summed E-state index contributed by atoms with van der Waals surface area (Å²) in [5.74, 6) is 1.63. The molecule has 0 aromatic carbocycles. The molecular formula is C19H37IN4O. The highest BCUT2D eigenvalue weighted by Crippen LogP contribution is 2.52. The molecule has 4 unspecified atom stereocenters. The number of nitrogens with one attached hydrogen (secondary N) is 2. The van der Waals surface area contributed by atoms with Crippen molar-refractivity contribution in [3.63, 3.8) is 0 Å². The number of hydrogen-bond acceptors (Lipinski definition) is 3. The zero-order valence-electron chi connectivity index (χ0n) is 16.4. The van der Waals surface area contributed by atoms with Crippen LogP contribution < -0.4 is 10.6 Å². The fourth-order valence-electron chi connectivity index (χ4n) is 4.96. The molecule has 0 aromatic heterocycles. The van der Waals surface area contributed by atoms with Crippen LogP contribution in [-0.2, 0) is 4.74 Å². The average Bonchev–Trinajstić information content (AvgIpc) is 3.04. The average molecular weight is 464 g/mol. The van der Waals surface area contributed by atoms with Gasteiger partial charge in [0.05, 0.1) is 12.6 Å². The van der Waals surface area contributed by atoms with Gasteiger partial charge in [0.15, 0.2) is 5.96 Å². The van der Waals surface area contributed by atoms with Gasteiger partial charge in [0.1, 0.15) is 0 Å². The van der Waals surface area contributed by atoms with E-state index in [4.69, 9.17) is 9.73 Å². The number of fused-ring (bicyclic) bond motifs is 1. The molecule has 0 aromatic rings. The van der Waals surface area contributed by atoms with Crippen LogP contribution in [0.25, 0.3) is 0 Å². The summed E-state index contributed by atoms with van der Waals surface area (Å²) < 4.78 is 5.92. The van der Waals surface area contributed by atoms with Crippen molar-refractivity contribution < 1.29 is 4.74 Å². The second-order valence-corrected chi connectivity index (χ2v) is 8.19. The first kappa shape index (κ1) is 21.2. The van der Waals surface area contributed by atoms with E-state index >= 15 is 0 Å². The third-order valence-corrected chi connectivity index (χ3v) is 6.35. The summed E-state index contributed by atoms with van der Waals surface area (Å²) in [6.45, 7) is 14.1. The Morgan fingerprint density at radius 3 is 2.76 bits per heavy atom. The maximum absolute atomic E-state index is 5.92. The number of nitrogens with zero attached hydrogens (tertiary/aromatic N) is 2. The van der Waals surface area contributed by atoms with E-state index in [0.29, 0.717) is 24.1 Å². The number of halogens is 1. The number of aliphatic imine (C=N–C) groups is 1. The number of likely N-dealkylation sites (tertiary alicyclic amines) is 1. The minimum atomic E-state index is 0. The quantitative estimate of drug-likeness (QED) is 0.373. The van der Waals surface area contributed by atoms with Crippen LogP contribution in [0.15, 0.2) is 4.99 Å². The third kappa shape index (κ3) is 4.43. The molecule has 2 heterocycles. The van der Waals surface area contributed by atoms with Crippen molar-refractivity contribution in [3.05, 3.63) is 0 Å². The Morgan fingerprint density at radius 1 is 1.24 bits per heavy atom. The molecule has 0 bridgehead atoms. The predicted octanol–water partition coefficient (Wildman–Crippen LogP) is 2.85. The van der Waals surface area contributed by atoms with E-state index < -0.39 is 0 Å². The van der Waals surface area contributed by atoms with Gasteiger partial charge in [0.2, 0.25) is 0 Å². The zero-order chi connectivity index (χ0) is 17.2. The van der Waals surface area contributed by atoms with Gasteiger partial charge in [-0.05, 0) is 39.3 Å². The highest BCUT2D eigenvalue weighted by Gasteiger charge is 2.59. The molecule has 0 spiro atoms. The monoisotopic (exact) mass is 464 g/mol. The number of rotatable bonds is 5. The Balaban J connectivity index is 0.00000225. The van der Waals surface area contributed by atoms with Gasteiger partial charge in [-0.2, -0.15) is 0 Å². The van der Waals surface area contributed by atoms with Gasteiger partial charge in [0.25, 0.3) is 0 Å². The molecule has 25 heavy (non-hydrogen) atoms. The molecule has 3 fully saturated rings. The topological polar surface area (TPSA) is 48.9 Å². The smallest absolute Gasteiger partial charge is 0.191 e. The Morgan fingerprint density at radius 2 is 2.04 bits per heavy atom. The first-order chi connectivity index (χ1) is 11.6. The Hall–Kier alpha value is -0.0800. The molecule has 3 aliphatic rings. The van der Waals surface area contributed by atoms with Crippen molar-refractivity contribution in [1.29, 1.82) is 0 Å². The fourth-order valence-corrected chi connectivity index (χ4v) is 4.96. The molecule has 2 N–H and O–H groups in total. The van der Waals surface area contributed by atoms with Gasteiger partial charge in [0, 0.05) is 36.6 Å². The largest absolute Gasteiger partial charge is 0.377 e. The molecular weight excluding hydrogens is 427 g/mol. The first-order valence-corrected chi connectivity index (χ1v) is 9.98. The van der Waals surface area contributed by atoms with Crippen molar-refractivity contribution in [1.82, 2.24) is 15.5 Å². The van der Waals surface area contributed by atoms with Crippen molar-refractivity contribution in [2.45, 2.75) is 71.6 Å². The van der Waals surface area contributed by atoms with Gasteiger partial charge >= 0.3 is 0 Å². The van der Waals surface area contributed by atoms with E-state index in [1.54, 1.807) is 0 Å². The minimum Gasteiger partial charge on any atom is -0.377 e. The molecule has 4 atom stereocenters. The number of ether oxygens (including phenoxy) is 1. The fraction of sp³-hybridized carbons (Fsp3) is 0.947. The zero-order valence-corrected chi connectivity index (χ0v) is 18.7. The Kier molecular flexibility index (Phi) is 7.83. The van der Waals surface area contributed by atoms with E-state index in [1.807, 2.05) is 0 Å². The lowest BCUT2D eigenvalue weighted by atomic mass is 9.57. The summed E-state index contributed by atoms with van der Waals surface area (Å²) in [6, 6.07) is 1.08. The predicted molar refractivity (Wildman–Crippen MR) is 115 cm³/mol. The van der Waals surface area contributed by atoms with E-state index in [0.717, 1.165) is 32.2 Å². The number of likely N-dealkylation sites (N-methyl/N-ethyl adjacent to an activating group) is 1. The molecule has 2 saturated heterocycles. The van der Waals surface area contributed by atoms with Crippen molar-refractivity contribution in [3.8, 4) is 0 Å². The van der Waals surface area contributed by atoms with Gasteiger partial charge in [-0.15, -0.1) is 24.0 Å². The maximum atomic E-state index is 5.92. The van der Waals surface area contributed by atoms with Crippen molar-refractivity contribution >= 4 is 29.9 Å². The summed E-state index contributed by atoms with van der Waals surface area (Å²) >= 11 is 0. The van der Waals surface area contributed by atoms with E-state index in [-0.39, 0.29) is 29.4 Å². The number of guanidine groups is 1. The third-order valence-electron chi connectivity index (χ3n) is 6.35. The SMILES string of the molecule is CCNC(=NCC1CCCCN1CC)NC1C2CCOC2C1(C)C.I. The second kappa shape index (κ2) is 9.22. The summed E-state index contributed by atoms with van der Waals surface area (Å²) in [5.41, 5.74) is 0.192. The lowest BCUT2D eigenvalue weighted by Gasteiger charge is -2.55.